The minimum Gasteiger partial charge on any atom is -0.368 e. The Labute approximate surface area is 87.4 Å². The Hall–Kier alpha value is -0.570. The second-order valence-corrected chi connectivity index (χ2v) is 3.76. The molecule has 1 amide bonds. The quantitative estimate of drug-likeness (QED) is 0.558. The molecule has 0 aliphatic carbocycles. The van der Waals surface area contributed by atoms with Gasteiger partial charge in [-0.1, -0.05) is 39.5 Å². The van der Waals surface area contributed by atoms with Crippen molar-refractivity contribution in [2.75, 3.05) is 6.54 Å². The number of nitrogens with two attached hydrogens (primary N) is 1. The van der Waals surface area contributed by atoms with Gasteiger partial charge in [-0.05, 0) is 19.4 Å². The summed E-state index contributed by atoms with van der Waals surface area (Å²) < 4.78 is 0. The van der Waals surface area contributed by atoms with Crippen molar-refractivity contribution in [3.8, 4) is 0 Å². The van der Waals surface area contributed by atoms with E-state index in [1.165, 1.54) is 12.8 Å². The van der Waals surface area contributed by atoms with Crippen LogP contribution in [0.25, 0.3) is 0 Å². The van der Waals surface area contributed by atoms with Crippen molar-refractivity contribution in [1.29, 1.82) is 0 Å². The zero-order valence-corrected chi connectivity index (χ0v) is 9.51. The zero-order chi connectivity index (χ0) is 10.8. The molecule has 84 valence electrons. The molecule has 0 heterocycles. The molecule has 0 saturated carbocycles. The molecule has 0 rings (SSSR count). The van der Waals surface area contributed by atoms with Crippen LogP contribution in [0.1, 0.15) is 52.4 Å². The number of rotatable bonds is 9. The van der Waals surface area contributed by atoms with E-state index < -0.39 is 0 Å². The lowest BCUT2D eigenvalue weighted by Gasteiger charge is -2.14. The molecule has 3 nitrogen and oxygen atoms in total. The Balaban J connectivity index is 3.61. The molecule has 0 aliphatic rings. The van der Waals surface area contributed by atoms with Gasteiger partial charge in [0.25, 0.3) is 0 Å². The molecular formula is C11H24N2O. The third-order valence-electron chi connectivity index (χ3n) is 2.36. The Morgan fingerprint density at radius 3 is 2.36 bits per heavy atom. The van der Waals surface area contributed by atoms with E-state index in [1.54, 1.807) is 0 Å². The number of hydrogen-bond donors (Lipinski definition) is 2. The van der Waals surface area contributed by atoms with E-state index in [4.69, 9.17) is 5.73 Å². The Morgan fingerprint density at radius 1 is 1.21 bits per heavy atom. The van der Waals surface area contributed by atoms with E-state index in [0.717, 1.165) is 32.2 Å². The van der Waals surface area contributed by atoms with Gasteiger partial charge >= 0.3 is 0 Å². The molecule has 0 aliphatic heterocycles. The van der Waals surface area contributed by atoms with E-state index >= 15 is 0 Å². The summed E-state index contributed by atoms with van der Waals surface area (Å²) in [6, 6.07) is -0.118. The minimum absolute atomic E-state index is 0.118. The summed E-state index contributed by atoms with van der Waals surface area (Å²) in [5.41, 5.74) is 5.30. The Kier molecular flexibility index (Phi) is 8.64. The van der Waals surface area contributed by atoms with Gasteiger partial charge in [0.1, 0.15) is 0 Å². The molecule has 3 N–H and O–H groups in total. The molecule has 0 aromatic carbocycles. The fourth-order valence-electron chi connectivity index (χ4n) is 1.40. The van der Waals surface area contributed by atoms with Gasteiger partial charge in [0.2, 0.25) is 5.91 Å². The van der Waals surface area contributed by atoms with Gasteiger partial charge < -0.3 is 11.1 Å². The lowest BCUT2D eigenvalue weighted by Crippen LogP contribution is -2.41. The number of hydrogen-bond acceptors (Lipinski definition) is 2. The molecule has 0 bridgehead atoms. The molecule has 1 unspecified atom stereocenters. The monoisotopic (exact) mass is 200 g/mol. The minimum atomic E-state index is -0.211. The molecule has 3 heteroatoms. The second-order valence-electron chi connectivity index (χ2n) is 3.76. The van der Waals surface area contributed by atoms with Gasteiger partial charge in [-0.3, -0.25) is 4.79 Å². The van der Waals surface area contributed by atoms with E-state index in [-0.39, 0.29) is 11.9 Å². The average molecular weight is 200 g/mol. The number of nitrogens with one attached hydrogen (secondary N) is 1. The fourth-order valence-corrected chi connectivity index (χ4v) is 1.40. The molecule has 0 aromatic rings. The van der Waals surface area contributed by atoms with Crippen molar-refractivity contribution in [3.05, 3.63) is 0 Å². The molecule has 1 atom stereocenters. The standard InChI is InChI=1S/C11H24N2O/c1-3-5-7-8-10(11(12)14)13-9-6-4-2/h10,13H,3-9H2,1-2H3,(H2,12,14). The lowest BCUT2D eigenvalue weighted by atomic mass is 10.1. The highest BCUT2D eigenvalue weighted by Gasteiger charge is 2.12. The highest BCUT2D eigenvalue weighted by Crippen LogP contribution is 2.03. The van der Waals surface area contributed by atoms with Crippen molar-refractivity contribution in [2.24, 2.45) is 5.73 Å². The average Bonchev–Trinajstić information content (AvgIpc) is 2.15. The maximum Gasteiger partial charge on any atom is 0.234 e. The molecule has 14 heavy (non-hydrogen) atoms. The van der Waals surface area contributed by atoms with Crippen LogP contribution in [0.3, 0.4) is 0 Å². The van der Waals surface area contributed by atoms with Crippen LogP contribution in [0.4, 0.5) is 0 Å². The largest absolute Gasteiger partial charge is 0.368 e. The first-order chi connectivity index (χ1) is 6.72. The summed E-state index contributed by atoms with van der Waals surface area (Å²) in [5.74, 6) is -0.211. The van der Waals surface area contributed by atoms with E-state index in [9.17, 15) is 4.79 Å². The van der Waals surface area contributed by atoms with Gasteiger partial charge in [-0.25, -0.2) is 0 Å². The first kappa shape index (κ1) is 13.4. The first-order valence-electron chi connectivity index (χ1n) is 5.75. The van der Waals surface area contributed by atoms with Crippen LogP contribution in [0.5, 0.6) is 0 Å². The topological polar surface area (TPSA) is 55.1 Å². The molecule has 0 spiro atoms. The third kappa shape index (κ3) is 6.89. The van der Waals surface area contributed by atoms with Crippen molar-refractivity contribution in [2.45, 2.75) is 58.4 Å². The number of carbonyl (C=O) groups excluding carboxylic acids is 1. The van der Waals surface area contributed by atoms with E-state index in [1.807, 2.05) is 0 Å². The maximum absolute atomic E-state index is 11.0. The summed E-state index contributed by atoms with van der Waals surface area (Å²) in [6.45, 7) is 5.19. The van der Waals surface area contributed by atoms with Crippen molar-refractivity contribution in [1.82, 2.24) is 5.32 Å². The lowest BCUT2D eigenvalue weighted by molar-refractivity contribution is -0.120. The molecule has 0 fully saturated rings. The van der Waals surface area contributed by atoms with E-state index in [0.29, 0.717) is 0 Å². The smallest absolute Gasteiger partial charge is 0.234 e. The van der Waals surface area contributed by atoms with Gasteiger partial charge in [0.15, 0.2) is 0 Å². The third-order valence-corrected chi connectivity index (χ3v) is 2.36. The van der Waals surface area contributed by atoms with Crippen LogP contribution in [-0.2, 0) is 4.79 Å². The van der Waals surface area contributed by atoms with Crippen molar-refractivity contribution in [3.63, 3.8) is 0 Å². The normalized spacial score (nSPS) is 12.7. The van der Waals surface area contributed by atoms with Crippen LogP contribution >= 0.6 is 0 Å². The van der Waals surface area contributed by atoms with Crippen LogP contribution < -0.4 is 11.1 Å². The summed E-state index contributed by atoms with van der Waals surface area (Å²) in [4.78, 5) is 11.0. The molecular weight excluding hydrogens is 176 g/mol. The first-order valence-corrected chi connectivity index (χ1v) is 5.75. The van der Waals surface area contributed by atoms with Crippen LogP contribution in [0, 0.1) is 0 Å². The highest BCUT2D eigenvalue weighted by molar-refractivity contribution is 5.79. The van der Waals surface area contributed by atoms with Gasteiger partial charge in [-0.15, -0.1) is 0 Å². The van der Waals surface area contributed by atoms with Gasteiger partial charge in [0.05, 0.1) is 6.04 Å². The SMILES string of the molecule is CCCCCC(NCCCC)C(N)=O. The fraction of sp³-hybridized carbons (Fsp3) is 0.909. The number of unbranched alkanes of at least 4 members (excludes halogenated alkanes) is 3. The number of primary amides is 1. The Bertz CT molecular complexity index is 138. The number of carbonyl (C=O) groups is 1. The summed E-state index contributed by atoms with van der Waals surface area (Å²) >= 11 is 0. The van der Waals surface area contributed by atoms with Crippen LogP contribution in [-0.4, -0.2) is 18.5 Å². The second kappa shape index (κ2) is 9.00. The summed E-state index contributed by atoms with van der Waals surface area (Å²) in [7, 11) is 0. The van der Waals surface area contributed by atoms with Crippen molar-refractivity contribution < 1.29 is 4.79 Å². The number of amides is 1. The molecule has 0 aromatic heterocycles. The summed E-state index contributed by atoms with van der Waals surface area (Å²) in [5, 5.41) is 3.20. The zero-order valence-electron chi connectivity index (χ0n) is 9.51. The maximum atomic E-state index is 11.0. The van der Waals surface area contributed by atoms with Crippen LogP contribution in [0.15, 0.2) is 0 Å². The predicted octanol–water partition coefficient (Wildman–Crippen LogP) is 1.81. The molecule has 0 saturated heterocycles. The van der Waals surface area contributed by atoms with Crippen molar-refractivity contribution >= 4 is 5.91 Å². The highest BCUT2D eigenvalue weighted by atomic mass is 16.1. The molecule has 0 radical (unpaired) electrons. The van der Waals surface area contributed by atoms with Crippen LogP contribution in [0.2, 0.25) is 0 Å². The van der Waals surface area contributed by atoms with Gasteiger partial charge in [0, 0.05) is 0 Å². The predicted molar refractivity (Wildman–Crippen MR) is 60.0 cm³/mol. The Morgan fingerprint density at radius 2 is 1.86 bits per heavy atom. The van der Waals surface area contributed by atoms with E-state index in [2.05, 4.69) is 19.2 Å². The van der Waals surface area contributed by atoms with Gasteiger partial charge in [-0.2, -0.15) is 0 Å². The summed E-state index contributed by atoms with van der Waals surface area (Å²) in [6.07, 6.45) is 6.58.